The average Bonchev–Trinajstić information content (AvgIpc) is 2.51. The molecule has 0 N–H and O–H groups in total. The zero-order valence-corrected chi connectivity index (χ0v) is 14.8. The molecule has 0 atom stereocenters. The molecular weight excluding hydrogens is 280 g/mol. The van der Waals surface area contributed by atoms with Gasteiger partial charge in [0, 0.05) is 19.8 Å². The van der Waals surface area contributed by atoms with E-state index in [4.69, 9.17) is 13.9 Å². The van der Waals surface area contributed by atoms with Crippen molar-refractivity contribution in [1.82, 2.24) is 0 Å². The summed E-state index contributed by atoms with van der Waals surface area (Å²) in [4.78, 5) is 0. The smallest absolute Gasteiger partial charge is 0.161 e. The minimum Gasteiger partial charge on any atom is -0.424 e. The Morgan fingerprint density at radius 2 is 1.90 bits per heavy atom. The molecule has 0 fully saturated rings. The minimum atomic E-state index is -0.486. The van der Waals surface area contributed by atoms with Crippen molar-refractivity contribution in [2.45, 2.75) is 39.0 Å². The predicted octanol–water partition coefficient (Wildman–Crippen LogP) is 3.18. The van der Waals surface area contributed by atoms with Crippen LogP contribution in [0.1, 0.15) is 31.4 Å². The molecule has 118 valence electrons. The first kappa shape index (κ1) is 18.1. The molecule has 0 aliphatic rings. The van der Waals surface area contributed by atoms with Crippen LogP contribution in [0.2, 0.25) is 6.04 Å². The van der Waals surface area contributed by atoms with Gasteiger partial charge < -0.3 is 13.9 Å². The van der Waals surface area contributed by atoms with E-state index in [1.165, 1.54) is 11.1 Å². The van der Waals surface area contributed by atoms with Crippen LogP contribution >= 0.6 is 0 Å². The van der Waals surface area contributed by atoms with Crippen molar-refractivity contribution in [3.63, 3.8) is 0 Å². The van der Waals surface area contributed by atoms with Crippen LogP contribution in [0.25, 0.3) is 6.08 Å². The second-order valence-corrected chi connectivity index (χ2v) is 6.27. The molecule has 1 aromatic rings. The summed E-state index contributed by atoms with van der Waals surface area (Å²) in [6, 6.07) is 9.43. The summed E-state index contributed by atoms with van der Waals surface area (Å²) in [6.45, 7) is 10.0. The van der Waals surface area contributed by atoms with Gasteiger partial charge in [0.25, 0.3) is 0 Å². The highest BCUT2D eigenvalue weighted by Crippen LogP contribution is 2.11. The summed E-state index contributed by atoms with van der Waals surface area (Å²) in [5.41, 5.74) is 2.51. The number of hydrogen-bond acceptors (Lipinski definition) is 3. The van der Waals surface area contributed by atoms with E-state index in [9.17, 15) is 0 Å². The van der Waals surface area contributed by atoms with Gasteiger partial charge in [-0.05, 0) is 43.9 Å². The van der Waals surface area contributed by atoms with E-state index in [1.807, 2.05) is 26.0 Å². The van der Waals surface area contributed by atoms with Crippen molar-refractivity contribution in [1.29, 1.82) is 0 Å². The first-order valence-electron chi connectivity index (χ1n) is 7.83. The highest BCUT2D eigenvalue weighted by Gasteiger charge is 2.07. The zero-order chi connectivity index (χ0) is 15.3. The van der Waals surface area contributed by atoms with Gasteiger partial charge in [-0.15, -0.1) is 0 Å². The average molecular weight is 308 g/mol. The van der Waals surface area contributed by atoms with Gasteiger partial charge in [-0.25, -0.2) is 0 Å². The Hall–Kier alpha value is -0.943. The highest BCUT2D eigenvalue weighted by atomic mass is 28.2. The lowest BCUT2D eigenvalue weighted by Crippen LogP contribution is -2.18. The Balaban J connectivity index is 2.15. The Bertz CT molecular complexity index is 389. The maximum absolute atomic E-state index is 5.84. The Labute approximate surface area is 131 Å². The van der Waals surface area contributed by atoms with Crippen LogP contribution in [-0.2, 0) is 20.3 Å². The molecule has 1 aromatic carbocycles. The molecule has 0 aliphatic carbocycles. The van der Waals surface area contributed by atoms with Crippen LogP contribution in [0.3, 0.4) is 0 Å². The minimum absolute atomic E-state index is 0.0578. The number of benzene rings is 1. The lowest BCUT2D eigenvalue weighted by atomic mass is 10.1. The predicted molar refractivity (Wildman–Crippen MR) is 91.2 cm³/mol. The second kappa shape index (κ2) is 11.7. The Morgan fingerprint density at radius 3 is 2.57 bits per heavy atom. The monoisotopic (exact) mass is 308 g/mol. The Morgan fingerprint density at radius 1 is 1.19 bits per heavy atom. The van der Waals surface area contributed by atoms with Gasteiger partial charge >= 0.3 is 0 Å². The Kier molecular flexibility index (Phi) is 10.1. The molecule has 21 heavy (non-hydrogen) atoms. The molecule has 0 radical (unpaired) electrons. The lowest BCUT2D eigenvalue weighted by molar-refractivity contribution is -0.136. The largest absolute Gasteiger partial charge is 0.424 e. The quantitative estimate of drug-likeness (QED) is 0.337. The summed E-state index contributed by atoms with van der Waals surface area (Å²) >= 11 is 0. The fraction of sp³-hybridized carbons (Fsp3) is 0.529. The van der Waals surface area contributed by atoms with Crippen LogP contribution in [0.5, 0.6) is 0 Å². The molecule has 0 spiro atoms. The molecule has 0 unspecified atom stereocenters. The summed E-state index contributed by atoms with van der Waals surface area (Å²) in [6.07, 6.45) is 3.74. The van der Waals surface area contributed by atoms with E-state index < -0.39 is 9.76 Å². The molecular formula is C17H28O3Si. The van der Waals surface area contributed by atoms with E-state index in [1.54, 1.807) is 0 Å². The molecule has 4 heteroatoms. The molecule has 0 aromatic heterocycles. The van der Waals surface area contributed by atoms with Crippen molar-refractivity contribution in [2.75, 3.05) is 19.8 Å². The fourth-order valence-electron chi connectivity index (χ4n) is 2.18. The van der Waals surface area contributed by atoms with Gasteiger partial charge in [0.05, 0.1) is 0 Å². The van der Waals surface area contributed by atoms with Gasteiger partial charge in [-0.3, -0.25) is 0 Å². The van der Waals surface area contributed by atoms with Crippen LogP contribution in [-0.4, -0.2) is 35.9 Å². The topological polar surface area (TPSA) is 27.7 Å². The van der Waals surface area contributed by atoms with E-state index in [0.29, 0.717) is 13.2 Å². The first-order chi connectivity index (χ1) is 10.3. The first-order valence-corrected chi connectivity index (χ1v) is 9.40. The molecule has 0 amide bonds. The zero-order valence-electron chi connectivity index (χ0n) is 13.3. The standard InChI is InChI=1S/C17H28O3Si/c1-4-15-9-7-8-10-16(15)11-13-20-21-14-12-17(18-5-2)19-6-3/h4,7-10,17H,1,5-6,11-14,21H2,2-3H3. The van der Waals surface area contributed by atoms with Gasteiger partial charge in [-0.2, -0.15) is 0 Å². The summed E-state index contributed by atoms with van der Waals surface area (Å²) in [5.74, 6) is 0. The van der Waals surface area contributed by atoms with Crippen molar-refractivity contribution in [3.8, 4) is 0 Å². The fourth-order valence-corrected chi connectivity index (χ4v) is 3.24. The molecule has 3 nitrogen and oxygen atoms in total. The molecule has 0 aliphatic heterocycles. The third kappa shape index (κ3) is 7.57. The molecule has 0 saturated heterocycles. The number of hydrogen-bond donors (Lipinski definition) is 0. The van der Waals surface area contributed by atoms with Crippen molar-refractivity contribution >= 4 is 15.8 Å². The van der Waals surface area contributed by atoms with Crippen LogP contribution < -0.4 is 0 Å². The second-order valence-electron chi connectivity index (χ2n) is 4.75. The van der Waals surface area contributed by atoms with Gasteiger partial charge in [-0.1, -0.05) is 36.9 Å². The number of ether oxygens (including phenoxy) is 2. The van der Waals surface area contributed by atoms with Gasteiger partial charge in [0.2, 0.25) is 0 Å². The summed E-state index contributed by atoms with van der Waals surface area (Å²) < 4.78 is 16.9. The van der Waals surface area contributed by atoms with Crippen LogP contribution in [0.15, 0.2) is 30.8 Å². The van der Waals surface area contributed by atoms with Crippen LogP contribution in [0.4, 0.5) is 0 Å². The maximum atomic E-state index is 5.84. The molecule has 1 rings (SSSR count). The van der Waals surface area contributed by atoms with Crippen LogP contribution in [0, 0.1) is 0 Å². The van der Waals surface area contributed by atoms with Crippen molar-refractivity contribution in [3.05, 3.63) is 42.0 Å². The maximum Gasteiger partial charge on any atom is 0.161 e. The van der Waals surface area contributed by atoms with E-state index >= 15 is 0 Å². The number of rotatable bonds is 12. The molecule has 0 saturated carbocycles. The third-order valence-electron chi connectivity index (χ3n) is 3.22. The van der Waals surface area contributed by atoms with E-state index in [0.717, 1.165) is 25.5 Å². The lowest BCUT2D eigenvalue weighted by Gasteiger charge is -2.16. The van der Waals surface area contributed by atoms with Crippen molar-refractivity contribution in [2.24, 2.45) is 0 Å². The molecule has 0 bridgehead atoms. The SMILES string of the molecule is C=Cc1ccccc1CCO[SiH2]CCC(OCC)OCC. The summed E-state index contributed by atoms with van der Waals surface area (Å²) in [5, 5.41) is 0. The molecule has 0 heterocycles. The summed E-state index contributed by atoms with van der Waals surface area (Å²) in [7, 11) is -0.486. The van der Waals surface area contributed by atoms with E-state index in [2.05, 4.69) is 24.8 Å². The highest BCUT2D eigenvalue weighted by molar-refractivity contribution is 6.26. The van der Waals surface area contributed by atoms with Gasteiger partial charge in [0.15, 0.2) is 16.1 Å². The van der Waals surface area contributed by atoms with E-state index in [-0.39, 0.29) is 6.29 Å². The van der Waals surface area contributed by atoms with Gasteiger partial charge in [0.1, 0.15) is 0 Å². The normalized spacial score (nSPS) is 11.6. The third-order valence-corrected chi connectivity index (χ3v) is 4.50. The van der Waals surface area contributed by atoms with Crippen molar-refractivity contribution < 1.29 is 13.9 Å².